The third-order valence-corrected chi connectivity index (χ3v) is 13.7. The summed E-state index contributed by atoms with van der Waals surface area (Å²) in [6.07, 6.45) is 0. The molecule has 0 aliphatic rings. The minimum atomic E-state index is 0.899. The molecule has 0 saturated heterocycles. The van der Waals surface area contributed by atoms with Gasteiger partial charge in [-0.25, -0.2) is 0 Å². The maximum Gasteiger partial charge on any atom is 0.136 e. The van der Waals surface area contributed by atoms with Crippen LogP contribution in [0, 0.1) is 0 Å². The lowest BCUT2D eigenvalue weighted by atomic mass is 9.87. The fourth-order valence-corrected chi connectivity index (χ4v) is 10.8. The van der Waals surface area contributed by atoms with Gasteiger partial charge in [0.25, 0.3) is 0 Å². The summed E-state index contributed by atoms with van der Waals surface area (Å²) in [5, 5.41) is 20.0. The largest absolute Gasteiger partial charge is 0.456 e. The SMILES string of the molecule is c1ccc2cc(-c3ccc(N(c4ccc(-c5ccc6c(c5)oc5ccccc56)cc4)c4cc5cccc6c7cccc8ccc9cccc(c%10cccc4c%10c56)c9c87)cc3)ccc2c1. The quantitative estimate of drug-likeness (QED) is 0.161. The van der Waals surface area contributed by atoms with Gasteiger partial charge in [-0.3, -0.25) is 0 Å². The van der Waals surface area contributed by atoms with E-state index in [-0.39, 0.29) is 0 Å². The van der Waals surface area contributed by atoms with Gasteiger partial charge in [0.15, 0.2) is 0 Å². The van der Waals surface area contributed by atoms with Crippen LogP contribution in [-0.4, -0.2) is 0 Å². The Bertz CT molecular complexity index is 4180. The first-order valence-electron chi connectivity index (χ1n) is 22.1. The molecule has 64 heavy (non-hydrogen) atoms. The van der Waals surface area contributed by atoms with Gasteiger partial charge in [0.2, 0.25) is 0 Å². The van der Waals surface area contributed by atoms with Crippen molar-refractivity contribution >= 4 is 114 Å². The van der Waals surface area contributed by atoms with E-state index in [0.29, 0.717) is 0 Å². The van der Waals surface area contributed by atoms with Crippen molar-refractivity contribution in [2.24, 2.45) is 0 Å². The van der Waals surface area contributed by atoms with Crippen LogP contribution in [0.1, 0.15) is 0 Å². The maximum atomic E-state index is 6.32. The van der Waals surface area contributed by atoms with E-state index < -0.39 is 0 Å². The Balaban J connectivity index is 1.01. The highest BCUT2D eigenvalue weighted by atomic mass is 16.3. The fourth-order valence-electron chi connectivity index (χ4n) is 10.8. The van der Waals surface area contributed by atoms with Crippen LogP contribution in [0.15, 0.2) is 229 Å². The highest BCUT2D eigenvalue weighted by Gasteiger charge is 2.22. The van der Waals surface area contributed by atoms with Crippen LogP contribution in [0.4, 0.5) is 17.1 Å². The van der Waals surface area contributed by atoms with E-state index in [4.69, 9.17) is 4.42 Å². The molecule has 0 atom stereocenters. The van der Waals surface area contributed by atoms with E-state index in [1.807, 2.05) is 12.1 Å². The van der Waals surface area contributed by atoms with Crippen LogP contribution < -0.4 is 4.90 Å². The molecular formula is C62H37NO. The number of hydrogen-bond acceptors (Lipinski definition) is 2. The van der Waals surface area contributed by atoms with Crippen molar-refractivity contribution < 1.29 is 4.42 Å². The second kappa shape index (κ2) is 13.5. The lowest BCUT2D eigenvalue weighted by molar-refractivity contribution is 0.669. The molecule has 0 N–H and O–H groups in total. The molecule has 14 rings (SSSR count). The highest BCUT2D eigenvalue weighted by Crippen LogP contribution is 2.48. The Morgan fingerprint density at radius 1 is 0.250 bits per heavy atom. The average Bonchev–Trinajstić information content (AvgIpc) is 3.73. The van der Waals surface area contributed by atoms with Gasteiger partial charge in [-0.1, -0.05) is 170 Å². The summed E-state index contributed by atoms with van der Waals surface area (Å²) < 4.78 is 6.32. The summed E-state index contributed by atoms with van der Waals surface area (Å²) in [4.78, 5) is 2.45. The van der Waals surface area contributed by atoms with Crippen molar-refractivity contribution in [2.75, 3.05) is 4.90 Å². The first-order chi connectivity index (χ1) is 31.7. The molecule has 2 nitrogen and oxygen atoms in total. The molecule has 1 aromatic heterocycles. The van der Waals surface area contributed by atoms with Crippen molar-refractivity contribution in [1.82, 2.24) is 0 Å². The molecule has 0 amide bonds. The van der Waals surface area contributed by atoms with Crippen LogP contribution >= 0.6 is 0 Å². The van der Waals surface area contributed by atoms with E-state index in [2.05, 4.69) is 217 Å². The number of nitrogens with zero attached hydrogens (tertiary/aromatic N) is 1. The Hall–Kier alpha value is -8.46. The van der Waals surface area contributed by atoms with Gasteiger partial charge in [-0.05, 0) is 141 Å². The van der Waals surface area contributed by atoms with Crippen LogP contribution in [0.5, 0.6) is 0 Å². The van der Waals surface area contributed by atoms with E-state index in [9.17, 15) is 0 Å². The zero-order valence-corrected chi connectivity index (χ0v) is 34.7. The molecule has 0 aliphatic heterocycles. The predicted molar refractivity (Wildman–Crippen MR) is 273 cm³/mol. The molecule has 2 heteroatoms. The van der Waals surface area contributed by atoms with Crippen LogP contribution in [0.2, 0.25) is 0 Å². The maximum absolute atomic E-state index is 6.32. The van der Waals surface area contributed by atoms with Crippen LogP contribution in [0.3, 0.4) is 0 Å². The van der Waals surface area contributed by atoms with Gasteiger partial charge in [0, 0.05) is 32.9 Å². The van der Waals surface area contributed by atoms with Crippen LogP contribution in [-0.2, 0) is 0 Å². The van der Waals surface area contributed by atoms with Crippen LogP contribution in [0.25, 0.3) is 120 Å². The van der Waals surface area contributed by atoms with E-state index in [0.717, 1.165) is 50.1 Å². The number of fused-ring (bicyclic) bond motifs is 6. The zero-order chi connectivity index (χ0) is 41.9. The molecule has 0 bridgehead atoms. The van der Waals surface area contributed by atoms with Crippen molar-refractivity contribution in [3.8, 4) is 22.3 Å². The number of benzene rings is 12. The number of para-hydroxylation sites is 1. The molecule has 0 aliphatic carbocycles. The molecule has 0 fully saturated rings. The molecule has 14 aromatic rings. The van der Waals surface area contributed by atoms with E-state index in [1.54, 1.807) is 0 Å². The first kappa shape index (κ1) is 35.2. The summed E-state index contributed by atoms with van der Waals surface area (Å²) in [5.74, 6) is 0. The normalized spacial score (nSPS) is 12.1. The third kappa shape index (κ3) is 5.20. The lowest BCUT2D eigenvalue weighted by Crippen LogP contribution is -2.10. The Labute approximate surface area is 368 Å². The van der Waals surface area contributed by atoms with Gasteiger partial charge in [0.05, 0.1) is 5.69 Å². The van der Waals surface area contributed by atoms with Gasteiger partial charge in [-0.2, -0.15) is 0 Å². The Morgan fingerprint density at radius 2 is 0.703 bits per heavy atom. The second-order valence-corrected chi connectivity index (χ2v) is 17.2. The Kier molecular flexibility index (Phi) is 7.43. The fraction of sp³-hybridized carbons (Fsp3) is 0. The van der Waals surface area contributed by atoms with Gasteiger partial charge < -0.3 is 9.32 Å². The summed E-state index contributed by atoms with van der Waals surface area (Å²) in [5.41, 5.74) is 9.76. The number of rotatable bonds is 5. The topological polar surface area (TPSA) is 16.4 Å². The molecular weight excluding hydrogens is 775 g/mol. The number of anilines is 3. The Morgan fingerprint density at radius 3 is 1.39 bits per heavy atom. The third-order valence-electron chi connectivity index (χ3n) is 13.7. The summed E-state index contributed by atoms with van der Waals surface area (Å²) in [7, 11) is 0. The lowest BCUT2D eigenvalue weighted by Gasteiger charge is -2.28. The standard InChI is InChI=1S/C62H37NO/c1-2-10-43-35-44(24-21-38(43)9-1)39-25-30-47(31-26-39)63(48-32-27-40(28-33-48)45-29-34-50-49-14-3-4-20-57(49)64-58(50)37-45)56-36-46-13-7-17-52-51-15-5-11-41-22-23-42-12-6-16-53(60(42)59(41)51)54-18-8-19-55(56)62(54)61(46)52/h1-37H. The van der Waals surface area contributed by atoms with Gasteiger partial charge in [-0.15, -0.1) is 0 Å². The van der Waals surface area contributed by atoms with E-state index >= 15 is 0 Å². The van der Waals surface area contributed by atoms with Crippen molar-refractivity contribution in [3.63, 3.8) is 0 Å². The number of furan rings is 1. The molecule has 1 heterocycles. The van der Waals surface area contributed by atoms with Gasteiger partial charge in [0.1, 0.15) is 11.2 Å². The second-order valence-electron chi connectivity index (χ2n) is 17.2. The summed E-state index contributed by atoms with van der Waals surface area (Å²) in [6.45, 7) is 0. The minimum Gasteiger partial charge on any atom is -0.456 e. The zero-order valence-electron chi connectivity index (χ0n) is 34.7. The molecule has 0 unspecified atom stereocenters. The molecule has 0 radical (unpaired) electrons. The van der Waals surface area contributed by atoms with Gasteiger partial charge >= 0.3 is 0 Å². The monoisotopic (exact) mass is 811 g/mol. The van der Waals surface area contributed by atoms with E-state index in [1.165, 1.54) is 86.5 Å². The molecule has 296 valence electrons. The smallest absolute Gasteiger partial charge is 0.136 e. The molecule has 13 aromatic carbocycles. The highest BCUT2D eigenvalue weighted by molar-refractivity contribution is 6.38. The summed E-state index contributed by atoms with van der Waals surface area (Å²) >= 11 is 0. The number of hydrogen-bond donors (Lipinski definition) is 0. The van der Waals surface area contributed by atoms with Crippen molar-refractivity contribution in [1.29, 1.82) is 0 Å². The predicted octanol–water partition coefficient (Wildman–Crippen LogP) is 17.9. The first-order valence-corrected chi connectivity index (χ1v) is 22.1. The molecule has 0 spiro atoms. The minimum absolute atomic E-state index is 0.899. The molecule has 0 saturated carbocycles. The van der Waals surface area contributed by atoms with Crippen molar-refractivity contribution in [2.45, 2.75) is 0 Å². The summed E-state index contributed by atoms with van der Waals surface area (Å²) in [6, 6.07) is 82.6. The van der Waals surface area contributed by atoms with Crippen molar-refractivity contribution in [3.05, 3.63) is 224 Å². The average molecular weight is 812 g/mol.